The molecule has 2 N–H and O–H groups in total. The Bertz CT molecular complexity index is 2570. The number of fused-ring (bicyclic) bond motifs is 14. The van der Waals surface area contributed by atoms with Crippen LogP contribution in [0.25, 0.3) is 0 Å². The van der Waals surface area contributed by atoms with Gasteiger partial charge in [-0.3, -0.25) is 0 Å². The third-order valence-electron chi connectivity index (χ3n) is 32.9. The lowest BCUT2D eigenvalue weighted by molar-refractivity contribution is -0.255. The molecule has 11 aliphatic rings. The number of aliphatic hydroxyl groups is 2. The molecule has 3 unspecified atom stereocenters. The van der Waals surface area contributed by atoms with Gasteiger partial charge in [-0.1, -0.05) is 135 Å². The van der Waals surface area contributed by atoms with E-state index in [9.17, 15) is 5.11 Å². The van der Waals surface area contributed by atoms with Crippen LogP contribution in [0.15, 0.2) is 24.3 Å². The molecule has 10 saturated carbocycles. The summed E-state index contributed by atoms with van der Waals surface area (Å²) in [4.78, 5) is 0. The summed E-state index contributed by atoms with van der Waals surface area (Å²) in [5, 5.41) is 18.9. The molecule has 23 atom stereocenters. The number of rotatable bonds is 10. The van der Waals surface area contributed by atoms with Crippen molar-refractivity contribution in [3.63, 3.8) is 0 Å². The van der Waals surface area contributed by atoms with Crippen LogP contribution in [-0.4, -0.2) is 73.1 Å². The van der Waals surface area contributed by atoms with Crippen molar-refractivity contribution in [3.8, 4) is 0 Å². The Morgan fingerprint density at radius 3 is 1.31 bits per heavy atom. The summed E-state index contributed by atoms with van der Waals surface area (Å²) in [6.07, 6.45) is 30.8. The molecule has 0 aromatic carbocycles. The Hall–Kier alpha value is 0.624. The van der Waals surface area contributed by atoms with E-state index in [1.54, 1.807) is 6.92 Å². The molecule has 0 spiro atoms. The van der Waals surface area contributed by atoms with Crippen LogP contribution in [0.2, 0.25) is 36.3 Å². The molecule has 6 nitrogen and oxygen atoms in total. The van der Waals surface area contributed by atoms with Gasteiger partial charge in [0.25, 0.3) is 0 Å². The van der Waals surface area contributed by atoms with E-state index in [0.717, 1.165) is 55.1 Å². The summed E-state index contributed by atoms with van der Waals surface area (Å²) >= 11 is 4.31. The van der Waals surface area contributed by atoms with Crippen molar-refractivity contribution in [1.82, 2.24) is 0 Å². The number of aliphatic hydroxyl groups excluding tert-OH is 2. The number of hydrogen-bond acceptors (Lipinski definition) is 7. The SMILES string of the molecule is C=C(C)[C@@H]1CC[C@]2(CO)CC[C@]3(C)[C@H](CC[C@@H]4[C@@]5(C)CC[C@H](O[Si](C)(C)C(C)(C)C)C(C)(C)[C@@H]5CC[C@]43C)[C@@H]12.C=C(C)[C@@H]1CC[C@]2(COC3CCCCO3)CC[C@]3(C)[C@H](CC[C@@H]4[C@@]5(C)CC[C@H](O[Si](C)(C)C(C)(C)C)C(C)(C)[C@@H]5CC[C@]43C)[C@@H]12.CCO.[3H][P+](P)=S. The molecule has 11 rings (SSSR count). The van der Waals surface area contributed by atoms with E-state index in [0.29, 0.717) is 80.4 Å². The first-order valence-electron chi connectivity index (χ1n) is 38.0. The average Bonchev–Trinajstić information content (AvgIpc) is 1.53. The van der Waals surface area contributed by atoms with Crippen molar-refractivity contribution in [2.45, 2.75) is 334 Å². The minimum Gasteiger partial charge on any atom is -0.413 e. The summed E-state index contributed by atoms with van der Waals surface area (Å²) in [5.74, 6) is 7.20. The minimum absolute atomic E-state index is 0.0218. The van der Waals surface area contributed by atoms with Gasteiger partial charge in [0.15, 0.2) is 41.7 Å². The fraction of sp³-hybridized carbons (Fsp3) is 0.949. The first-order chi connectivity index (χ1) is 41.8. The van der Waals surface area contributed by atoms with Crippen molar-refractivity contribution < 1.29 is 28.5 Å². The molecule has 1 heterocycles. The van der Waals surface area contributed by atoms with Crippen LogP contribution in [0.3, 0.4) is 0 Å². The van der Waals surface area contributed by atoms with Crippen LogP contribution >= 0.6 is 15.9 Å². The van der Waals surface area contributed by atoms with Crippen LogP contribution < -0.4 is 0 Å². The normalized spacial score (nSPS) is 46.2. The van der Waals surface area contributed by atoms with E-state index < -0.39 is 23.6 Å². The zero-order valence-electron chi connectivity index (χ0n) is 64.0. The Morgan fingerprint density at radius 1 is 0.556 bits per heavy atom. The summed E-state index contributed by atoms with van der Waals surface area (Å²) in [6, 6.07) is 0. The zero-order valence-corrected chi connectivity index (χ0v) is 67.8. The Labute approximate surface area is 568 Å². The molecule has 1 aliphatic heterocycles. The van der Waals surface area contributed by atoms with E-state index in [2.05, 4.69) is 185 Å². The van der Waals surface area contributed by atoms with Gasteiger partial charge in [-0.2, -0.15) is 0 Å². The molecule has 10 aliphatic carbocycles. The highest BCUT2D eigenvalue weighted by atomic mass is 32.6. The minimum atomic E-state index is -1.83. The third kappa shape index (κ3) is 12.7. The van der Waals surface area contributed by atoms with Gasteiger partial charge in [0.2, 0.25) is 0 Å². The highest BCUT2D eigenvalue weighted by molar-refractivity contribution is 8.24. The van der Waals surface area contributed by atoms with Gasteiger partial charge in [0, 0.05) is 19.8 Å². The zero-order chi connectivity index (χ0) is 68.2. The number of ether oxygens (including phenoxy) is 2. The summed E-state index contributed by atoms with van der Waals surface area (Å²) < 4.78 is 33.7. The summed E-state index contributed by atoms with van der Waals surface area (Å²) in [6.45, 7) is 68.1. The van der Waals surface area contributed by atoms with Crippen LogP contribution in [0, 0.1) is 113 Å². The first-order valence-corrected chi connectivity index (χ1v) is 46.9. The quantitative estimate of drug-likeness (QED) is 0.128. The topological polar surface area (TPSA) is 77.4 Å². The highest BCUT2D eigenvalue weighted by Gasteiger charge is 2.74. The Morgan fingerprint density at radius 2 is 0.944 bits per heavy atom. The van der Waals surface area contributed by atoms with E-state index in [4.69, 9.17) is 24.7 Å². The molecule has 520 valence electrons. The van der Waals surface area contributed by atoms with Gasteiger partial charge in [-0.25, -0.2) is 0 Å². The number of hydrogen-bond donors (Lipinski definition) is 2. The van der Waals surface area contributed by atoms with Crippen molar-refractivity contribution in [3.05, 3.63) is 24.3 Å². The van der Waals surface area contributed by atoms with E-state index in [-0.39, 0.29) is 39.2 Å². The number of allylic oxidation sites excluding steroid dienone is 2. The second-order valence-corrected chi connectivity index (χ2v) is 51.5. The molecular formula is C79H145O6P2SSi2+. The molecule has 11 fully saturated rings. The van der Waals surface area contributed by atoms with Gasteiger partial charge < -0.3 is 28.5 Å². The van der Waals surface area contributed by atoms with Crippen LogP contribution in [0.5, 0.6) is 0 Å². The second-order valence-electron chi connectivity index (χ2n) is 39.2. The van der Waals surface area contributed by atoms with Crippen LogP contribution in [0.1, 0.15) is 279 Å². The second kappa shape index (κ2) is 26.9. The van der Waals surface area contributed by atoms with Crippen molar-refractivity contribution in [2.24, 2.45) is 113 Å². The predicted octanol–water partition coefficient (Wildman–Crippen LogP) is 22.5. The van der Waals surface area contributed by atoms with Crippen molar-refractivity contribution in [1.29, 1.82) is 1.28 Å². The molecule has 0 bridgehead atoms. The summed E-state index contributed by atoms with van der Waals surface area (Å²) in [5.41, 5.74) is 6.03. The highest BCUT2D eigenvalue weighted by Crippen LogP contribution is 2.80. The van der Waals surface area contributed by atoms with Gasteiger partial charge in [0.05, 0.1) is 27.7 Å². The van der Waals surface area contributed by atoms with Crippen LogP contribution in [0.4, 0.5) is 0 Å². The van der Waals surface area contributed by atoms with Gasteiger partial charge in [-0.05, 0) is 318 Å². The molecule has 1 saturated heterocycles. The molecule has 0 radical (unpaired) electrons. The maximum Gasteiger partial charge on any atom is 0.355 e. The summed E-state index contributed by atoms with van der Waals surface area (Å²) in [7, 11) is -1.44. The molecule has 0 amide bonds. The van der Waals surface area contributed by atoms with E-state index in [1.807, 2.05) is 0 Å². The van der Waals surface area contributed by atoms with Gasteiger partial charge in [0.1, 0.15) is 0 Å². The standard InChI is InChI=1S/C41H72O3Si.C36H64O2Si.C2H6O.H2P2S/c1-28(2)29-18-23-41(27-43-34-15-13-14-26-42-34)25-24-39(9)30(35(29)41)16-17-32-38(8)21-20-33(44-45(11,12)36(3,4)5)37(6,7)31(38)19-22-40(32,39)10;1-24(2)25-15-20-36(23-37)22-21-34(9)26(30(25)36)13-14-28-33(8)18-17-29(38-39(11,12)31(3,4)5)32(6,7)27(33)16-19-35(28,34)10;2*1-2-3/h29-35H,1,13-27H2,2-12H3;25-30,37H,1,13-23H2,2-12H3;3H,2H2,1H3;1H2/p+1/t29-,30+,31-,32+,33-,34?,35+,38-,39+,40+,41+;25-,26+,27-,28+,29-,30+,33-,34+,35+,36+;;/m00../s1/i/hT. The lowest BCUT2D eigenvalue weighted by atomic mass is 9.32. The van der Waals surface area contributed by atoms with Crippen molar-refractivity contribution >= 4 is 44.4 Å². The molecule has 11 heteroatoms. The first kappa shape index (κ1) is 74.8. The van der Waals surface area contributed by atoms with E-state index in [1.165, 1.54) is 152 Å². The Kier molecular flexibility index (Phi) is 22.4. The largest absolute Gasteiger partial charge is 0.413 e. The Balaban J connectivity index is 0.000000215. The van der Waals surface area contributed by atoms with Crippen molar-refractivity contribution in [2.75, 3.05) is 26.4 Å². The monoisotopic (exact) mass is 1340 g/mol. The lowest BCUT2D eigenvalue weighted by Gasteiger charge is -2.73. The fourth-order valence-corrected chi connectivity index (χ4v) is 28.6. The fourth-order valence-electron chi connectivity index (χ4n) is 25.6. The van der Waals surface area contributed by atoms with Gasteiger partial charge >= 0.3 is 1.28 Å². The van der Waals surface area contributed by atoms with Gasteiger partial charge in [-0.15, -0.1) is 0 Å². The predicted molar refractivity (Wildman–Crippen MR) is 397 cm³/mol. The molecular weight excluding hydrogens is 1200 g/mol. The average molecular weight is 1340 g/mol. The third-order valence-corrected chi connectivity index (χ3v) is 41.8. The maximum atomic E-state index is 10.8. The smallest absolute Gasteiger partial charge is 0.355 e. The molecule has 0 aromatic heterocycles. The van der Waals surface area contributed by atoms with Crippen LogP contribution in [-0.2, 0) is 30.1 Å². The molecule has 90 heavy (non-hydrogen) atoms. The maximum absolute atomic E-state index is 10.8. The molecule has 0 aromatic rings. The lowest BCUT2D eigenvalue weighted by Crippen LogP contribution is -2.67. The van der Waals surface area contributed by atoms with E-state index >= 15 is 0 Å².